The number of aromatic nitrogens is 2. The lowest BCUT2D eigenvalue weighted by molar-refractivity contribution is -0.120. The highest BCUT2D eigenvalue weighted by molar-refractivity contribution is 9.10. The summed E-state index contributed by atoms with van der Waals surface area (Å²) < 4.78 is 6.59. The smallest absolute Gasteiger partial charge is 0.257 e. The molecule has 7 heteroatoms. The van der Waals surface area contributed by atoms with Crippen LogP contribution in [-0.4, -0.2) is 36.1 Å². The number of halogens is 1. The van der Waals surface area contributed by atoms with Gasteiger partial charge in [0.15, 0.2) is 5.82 Å². The summed E-state index contributed by atoms with van der Waals surface area (Å²) in [6.45, 7) is 5.47. The number of anilines is 2. The molecule has 2 heterocycles. The lowest BCUT2D eigenvalue weighted by Gasteiger charge is -2.33. The third-order valence-electron chi connectivity index (χ3n) is 5.51. The second-order valence-electron chi connectivity index (χ2n) is 7.74. The maximum absolute atomic E-state index is 13.0. The first-order chi connectivity index (χ1) is 14.5. The second-order valence-corrected chi connectivity index (χ2v) is 8.54. The van der Waals surface area contributed by atoms with E-state index < -0.39 is 0 Å². The molecule has 4 rings (SSSR count). The summed E-state index contributed by atoms with van der Waals surface area (Å²) in [5, 5.41) is 3.10. The first kappa shape index (κ1) is 20.6. The topological polar surface area (TPSA) is 67.4 Å². The van der Waals surface area contributed by atoms with Gasteiger partial charge in [-0.3, -0.25) is 4.79 Å². The van der Waals surface area contributed by atoms with Crippen LogP contribution in [0.5, 0.6) is 5.88 Å². The number of fused-ring (bicyclic) bond motifs is 1. The summed E-state index contributed by atoms with van der Waals surface area (Å²) in [6, 6.07) is 11.7. The van der Waals surface area contributed by atoms with Crippen LogP contribution in [-0.2, 0) is 4.79 Å². The number of rotatable bonds is 4. The fraction of sp³-hybridized carbons (Fsp3) is 0.348. The molecule has 0 unspecified atom stereocenters. The molecule has 1 aromatic heterocycles. The number of aryl methyl sites for hydroxylation is 2. The molecule has 6 nitrogen and oxygen atoms in total. The summed E-state index contributed by atoms with van der Waals surface area (Å²) in [7, 11) is 1.61. The van der Waals surface area contributed by atoms with E-state index in [-0.39, 0.29) is 11.8 Å². The molecule has 1 amide bonds. The Hall–Kier alpha value is -2.67. The van der Waals surface area contributed by atoms with Crippen molar-refractivity contribution in [1.82, 2.24) is 9.97 Å². The van der Waals surface area contributed by atoms with Crippen LogP contribution in [0.2, 0.25) is 0 Å². The monoisotopic (exact) mass is 468 g/mol. The molecular weight excluding hydrogens is 444 g/mol. The first-order valence-corrected chi connectivity index (χ1v) is 10.9. The largest absolute Gasteiger partial charge is 0.478 e. The predicted molar refractivity (Wildman–Crippen MR) is 123 cm³/mol. The van der Waals surface area contributed by atoms with E-state index >= 15 is 0 Å². The van der Waals surface area contributed by atoms with Crippen molar-refractivity contribution in [3.05, 3.63) is 52.0 Å². The molecule has 156 valence electrons. The molecule has 0 saturated carbocycles. The van der Waals surface area contributed by atoms with E-state index in [0.717, 1.165) is 51.7 Å². The molecule has 3 aromatic rings. The van der Waals surface area contributed by atoms with Gasteiger partial charge in [-0.1, -0.05) is 28.1 Å². The molecule has 1 N–H and O–H groups in total. The van der Waals surface area contributed by atoms with Crippen molar-refractivity contribution in [2.24, 2.45) is 5.92 Å². The Morgan fingerprint density at radius 2 is 1.83 bits per heavy atom. The standard InChI is InChI=1S/C23H25BrN4O2/c1-14-11-17(12-15(2)20(14)24)25-22(29)16-7-6-10-28(13-16)21-23(30-3)27-19-9-5-4-8-18(19)26-21/h4-5,8-9,11-12,16H,6-7,10,13H2,1-3H3,(H,25,29)/t16-/m1/s1. The molecule has 1 fully saturated rings. The minimum atomic E-state index is -0.124. The van der Waals surface area contributed by atoms with Crippen molar-refractivity contribution in [1.29, 1.82) is 0 Å². The number of carbonyl (C=O) groups excluding carboxylic acids is 1. The molecule has 0 bridgehead atoms. The summed E-state index contributed by atoms with van der Waals surface area (Å²) in [5.41, 5.74) is 4.66. The maximum Gasteiger partial charge on any atom is 0.257 e. The van der Waals surface area contributed by atoms with Gasteiger partial charge >= 0.3 is 0 Å². The van der Waals surface area contributed by atoms with Gasteiger partial charge in [0.05, 0.1) is 24.1 Å². The highest BCUT2D eigenvalue weighted by atomic mass is 79.9. The molecule has 1 aliphatic rings. The number of benzene rings is 2. The molecule has 1 saturated heterocycles. The summed E-state index contributed by atoms with van der Waals surface area (Å²) in [6.07, 6.45) is 1.76. The highest BCUT2D eigenvalue weighted by Crippen LogP contribution is 2.31. The van der Waals surface area contributed by atoms with Crippen molar-refractivity contribution < 1.29 is 9.53 Å². The van der Waals surface area contributed by atoms with Crippen LogP contribution in [0.3, 0.4) is 0 Å². The molecule has 2 aromatic carbocycles. The van der Waals surface area contributed by atoms with Crippen LogP contribution in [0.25, 0.3) is 11.0 Å². The van der Waals surface area contributed by atoms with Gasteiger partial charge in [-0.05, 0) is 62.1 Å². The van der Waals surface area contributed by atoms with Gasteiger partial charge in [0.2, 0.25) is 5.91 Å². The van der Waals surface area contributed by atoms with Crippen LogP contribution >= 0.6 is 15.9 Å². The number of methoxy groups -OCH3 is 1. The number of nitrogens with zero attached hydrogens (tertiary/aromatic N) is 3. The van der Waals surface area contributed by atoms with E-state index in [0.29, 0.717) is 18.2 Å². The number of hydrogen-bond acceptors (Lipinski definition) is 5. The number of amides is 1. The molecule has 1 aliphatic heterocycles. The average Bonchev–Trinajstić information content (AvgIpc) is 2.76. The van der Waals surface area contributed by atoms with Crippen LogP contribution in [0, 0.1) is 19.8 Å². The predicted octanol–water partition coefficient (Wildman–Crippen LogP) is 4.87. The van der Waals surface area contributed by atoms with Gasteiger partial charge in [-0.2, -0.15) is 0 Å². The van der Waals surface area contributed by atoms with Crippen LogP contribution < -0.4 is 15.0 Å². The van der Waals surface area contributed by atoms with Crippen molar-refractivity contribution in [2.75, 3.05) is 30.4 Å². The van der Waals surface area contributed by atoms with Gasteiger partial charge in [-0.15, -0.1) is 0 Å². The van der Waals surface area contributed by atoms with Crippen LogP contribution in [0.1, 0.15) is 24.0 Å². The zero-order chi connectivity index (χ0) is 21.3. The Morgan fingerprint density at radius 3 is 2.50 bits per heavy atom. The van der Waals surface area contributed by atoms with Gasteiger partial charge in [0, 0.05) is 23.2 Å². The number of para-hydroxylation sites is 2. The number of ether oxygens (including phenoxy) is 1. The maximum atomic E-state index is 13.0. The minimum absolute atomic E-state index is 0.0357. The van der Waals surface area contributed by atoms with E-state index in [2.05, 4.69) is 31.1 Å². The Morgan fingerprint density at radius 1 is 1.17 bits per heavy atom. The second kappa shape index (κ2) is 8.60. The Balaban J connectivity index is 1.55. The molecule has 30 heavy (non-hydrogen) atoms. The highest BCUT2D eigenvalue weighted by Gasteiger charge is 2.29. The van der Waals surface area contributed by atoms with Gasteiger partial charge in [0.25, 0.3) is 5.88 Å². The summed E-state index contributed by atoms with van der Waals surface area (Å²) >= 11 is 3.58. The van der Waals surface area contributed by atoms with Gasteiger partial charge in [0.1, 0.15) is 0 Å². The lowest BCUT2D eigenvalue weighted by atomic mass is 9.97. The van der Waals surface area contributed by atoms with Crippen molar-refractivity contribution in [3.8, 4) is 5.88 Å². The normalized spacial score (nSPS) is 16.5. The van der Waals surface area contributed by atoms with Crippen molar-refractivity contribution in [2.45, 2.75) is 26.7 Å². The Bertz CT molecular complexity index is 1080. The van der Waals surface area contributed by atoms with Crippen LogP contribution in [0.4, 0.5) is 11.5 Å². The number of nitrogens with one attached hydrogen (secondary N) is 1. The number of piperidine rings is 1. The first-order valence-electron chi connectivity index (χ1n) is 10.1. The Kier molecular flexibility index (Phi) is 5.90. The fourth-order valence-electron chi connectivity index (χ4n) is 3.96. The van der Waals surface area contributed by atoms with E-state index in [1.165, 1.54) is 0 Å². The third-order valence-corrected chi connectivity index (χ3v) is 6.76. The molecule has 0 radical (unpaired) electrons. The molecular formula is C23H25BrN4O2. The van der Waals surface area contributed by atoms with E-state index in [1.807, 2.05) is 50.2 Å². The lowest BCUT2D eigenvalue weighted by Crippen LogP contribution is -2.41. The number of carbonyl (C=O) groups is 1. The number of hydrogen-bond donors (Lipinski definition) is 1. The zero-order valence-corrected chi connectivity index (χ0v) is 19.0. The van der Waals surface area contributed by atoms with E-state index in [1.54, 1.807) is 7.11 Å². The van der Waals surface area contributed by atoms with Crippen LogP contribution in [0.15, 0.2) is 40.9 Å². The van der Waals surface area contributed by atoms with E-state index in [4.69, 9.17) is 9.72 Å². The fourth-order valence-corrected chi connectivity index (χ4v) is 4.19. The van der Waals surface area contributed by atoms with Crippen molar-refractivity contribution >= 4 is 44.4 Å². The summed E-state index contributed by atoms with van der Waals surface area (Å²) in [4.78, 5) is 24.5. The molecule has 0 aliphatic carbocycles. The Labute approximate surface area is 184 Å². The molecule has 1 atom stereocenters. The zero-order valence-electron chi connectivity index (χ0n) is 17.4. The third kappa shape index (κ3) is 4.12. The quantitative estimate of drug-likeness (QED) is 0.591. The van der Waals surface area contributed by atoms with Crippen molar-refractivity contribution in [3.63, 3.8) is 0 Å². The summed E-state index contributed by atoms with van der Waals surface area (Å²) in [5.74, 6) is 1.10. The molecule has 0 spiro atoms. The SMILES string of the molecule is COc1nc2ccccc2nc1N1CCC[C@@H](C(=O)Nc2cc(C)c(Br)c(C)c2)C1. The minimum Gasteiger partial charge on any atom is -0.478 e. The van der Waals surface area contributed by atoms with Gasteiger partial charge in [-0.25, -0.2) is 9.97 Å². The average molecular weight is 469 g/mol. The van der Waals surface area contributed by atoms with E-state index in [9.17, 15) is 4.79 Å². The van der Waals surface area contributed by atoms with Gasteiger partial charge < -0.3 is 15.0 Å².